The first-order chi connectivity index (χ1) is 21.0. The molecule has 1 atom stereocenters. The third kappa shape index (κ3) is 9.05. The number of hydrogen-bond donors (Lipinski definition) is 1. The molecule has 45 heavy (non-hydrogen) atoms. The molecule has 0 saturated heterocycles. The number of carbonyl (C=O) groups excluding carboxylic acids is 2. The lowest BCUT2D eigenvalue weighted by Gasteiger charge is -2.35. The highest BCUT2D eigenvalue weighted by Gasteiger charge is 2.35. The van der Waals surface area contributed by atoms with E-state index in [1.807, 2.05) is 40.7 Å². The zero-order valence-corrected chi connectivity index (χ0v) is 29.2. The number of nitrogens with one attached hydrogen (secondary N) is 1. The Bertz CT molecular complexity index is 1640. The smallest absolute Gasteiger partial charge is 0.264 e. The van der Waals surface area contributed by atoms with Gasteiger partial charge in [-0.05, 0) is 94.1 Å². The average molecular weight is 679 g/mol. The zero-order valence-electron chi connectivity index (χ0n) is 26.9. The zero-order chi connectivity index (χ0) is 33.7. The van der Waals surface area contributed by atoms with Gasteiger partial charge in [-0.2, -0.15) is 0 Å². The van der Waals surface area contributed by atoms with Crippen LogP contribution in [0.1, 0.15) is 50.8 Å². The summed E-state index contributed by atoms with van der Waals surface area (Å²) in [6, 6.07) is 13.5. The third-order valence-corrected chi connectivity index (χ3v) is 9.31. The predicted octanol–water partition coefficient (Wildman–Crippen LogP) is 6.54. The van der Waals surface area contributed by atoms with Gasteiger partial charge in [-0.15, -0.1) is 0 Å². The van der Waals surface area contributed by atoms with Crippen LogP contribution in [-0.2, 0) is 26.2 Å². The van der Waals surface area contributed by atoms with E-state index in [1.165, 1.54) is 37.3 Å². The monoisotopic (exact) mass is 677 g/mol. The second-order valence-corrected chi connectivity index (χ2v) is 14.5. The molecule has 2 amide bonds. The Morgan fingerprint density at radius 2 is 1.53 bits per heavy atom. The molecule has 9 nitrogen and oxygen atoms in total. The van der Waals surface area contributed by atoms with E-state index in [0.29, 0.717) is 27.0 Å². The van der Waals surface area contributed by atoms with Crippen molar-refractivity contribution in [3.05, 3.63) is 81.3 Å². The predicted molar refractivity (Wildman–Crippen MR) is 179 cm³/mol. The van der Waals surface area contributed by atoms with Crippen LogP contribution >= 0.6 is 23.2 Å². The van der Waals surface area contributed by atoms with Crippen molar-refractivity contribution in [3.8, 4) is 11.5 Å². The maximum atomic E-state index is 14.4. The summed E-state index contributed by atoms with van der Waals surface area (Å²) in [5.41, 5.74) is 1.90. The van der Waals surface area contributed by atoms with Crippen LogP contribution in [0.2, 0.25) is 10.0 Å². The molecule has 0 spiro atoms. The van der Waals surface area contributed by atoms with Gasteiger partial charge in [-0.1, -0.05) is 42.3 Å². The van der Waals surface area contributed by atoms with Crippen LogP contribution < -0.4 is 19.1 Å². The van der Waals surface area contributed by atoms with E-state index in [2.05, 4.69) is 5.32 Å². The fourth-order valence-corrected chi connectivity index (χ4v) is 6.82. The van der Waals surface area contributed by atoms with Crippen molar-refractivity contribution < 1.29 is 27.5 Å². The highest BCUT2D eigenvalue weighted by Crippen LogP contribution is 2.33. The maximum Gasteiger partial charge on any atom is 0.264 e. The summed E-state index contributed by atoms with van der Waals surface area (Å²) in [7, 11) is -1.47. The Labute approximate surface area is 276 Å². The molecule has 0 aliphatic rings. The van der Waals surface area contributed by atoms with E-state index in [0.717, 1.165) is 15.4 Å². The molecule has 12 heteroatoms. The van der Waals surface area contributed by atoms with Gasteiger partial charge in [0.25, 0.3) is 10.0 Å². The normalized spacial score (nSPS) is 12.3. The summed E-state index contributed by atoms with van der Waals surface area (Å²) >= 11 is 12.6. The lowest BCUT2D eigenvalue weighted by molar-refractivity contribution is -0.141. The summed E-state index contributed by atoms with van der Waals surface area (Å²) in [5.74, 6) is -0.398. The standard InChI is InChI=1S/C33H41Cl2N3O6S/c1-9-28(32(40)36-33(4,5)6)37(19-23-10-11-24(34)17-27(23)35)31(39)20-38(25-15-21(2)14-22(3)16-25)45(41,42)26-12-13-29(43-7)30(18-26)44-8/h10-18,28H,9,19-20H2,1-8H3,(H,36,40). The Morgan fingerprint density at radius 1 is 0.911 bits per heavy atom. The fraction of sp³-hybridized carbons (Fsp3) is 0.394. The SMILES string of the molecule is CCC(C(=O)NC(C)(C)C)N(Cc1ccc(Cl)cc1Cl)C(=O)CN(c1cc(C)cc(C)c1)S(=O)(=O)c1ccc(OC)c(OC)c1. The number of aryl methyl sites for hydroxylation is 2. The number of ether oxygens (including phenoxy) is 2. The van der Waals surface area contributed by atoms with E-state index in [1.54, 1.807) is 37.3 Å². The fourth-order valence-electron chi connectivity index (χ4n) is 4.93. The number of rotatable bonds is 12. The number of sulfonamides is 1. The number of nitrogens with zero attached hydrogens (tertiary/aromatic N) is 2. The molecule has 1 N–H and O–H groups in total. The lowest BCUT2D eigenvalue weighted by atomic mass is 10.1. The summed E-state index contributed by atoms with van der Waals surface area (Å²) < 4.78 is 40.4. The number of hydrogen-bond acceptors (Lipinski definition) is 6. The van der Waals surface area contributed by atoms with Gasteiger partial charge in [0, 0.05) is 28.2 Å². The van der Waals surface area contributed by atoms with E-state index in [4.69, 9.17) is 32.7 Å². The molecule has 3 aromatic rings. The highest BCUT2D eigenvalue weighted by atomic mass is 35.5. The van der Waals surface area contributed by atoms with Crippen LogP contribution in [0.15, 0.2) is 59.5 Å². The first-order valence-corrected chi connectivity index (χ1v) is 16.6. The minimum absolute atomic E-state index is 0.0536. The Morgan fingerprint density at radius 3 is 2.07 bits per heavy atom. The Kier molecular flexibility index (Phi) is 11.8. The molecule has 0 fully saturated rings. The Balaban J connectivity index is 2.17. The van der Waals surface area contributed by atoms with Gasteiger partial charge < -0.3 is 19.7 Å². The van der Waals surface area contributed by atoms with Crippen LogP contribution in [-0.4, -0.2) is 57.5 Å². The summed E-state index contributed by atoms with van der Waals surface area (Å²) in [5, 5.41) is 3.68. The van der Waals surface area contributed by atoms with Crippen molar-refractivity contribution >= 4 is 50.7 Å². The second-order valence-electron chi connectivity index (χ2n) is 11.8. The average Bonchev–Trinajstić information content (AvgIpc) is 2.94. The lowest BCUT2D eigenvalue weighted by Crippen LogP contribution is -2.55. The van der Waals surface area contributed by atoms with E-state index in [9.17, 15) is 18.0 Å². The van der Waals surface area contributed by atoms with Gasteiger partial charge in [-0.3, -0.25) is 13.9 Å². The van der Waals surface area contributed by atoms with Crippen molar-refractivity contribution in [2.75, 3.05) is 25.1 Å². The van der Waals surface area contributed by atoms with Crippen LogP contribution in [0.5, 0.6) is 11.5 Å². The summed E-state index contributed by atoms with van der Waals surface area (Å²) in [4.78, 5) is 29.2. The number of methoxy groups -OCH3 is 2. The van der Waals surface area contributed by atoms with Crippen molar-refractivity contribution in [2.24, 2.45) is 0 Å². The van der Waals surface area contributed by atoms with Crippen molar-refractivity contribution in [1.82, 2.24) is 10.2 Å². The molecule has 0 bridgehead atoms. The van der Waals surface area contributed by atoms with Gasteiger partial charge in [-0.25, -0.2) is 8.42 Å². The van der Waals surface area contributed by atoms with Crippen molar-refractivity contribution in [1.29, 1.82) is 0 Å². The molecule has 1 unspecified atom stereocenters. The summed E-state index contributed by atoms with van der Waals surface area (Å²) in [6.45, 7) is 10.4. The van der Waals surface area contributed by atoms with Gasteiger partial charge in [0.15, 0.2) is 11.5 Å². The molecule has 0 radical (unpaired) electrons. The highest BCUT2D eigenvalue weighted by molar-refractivity contribution is 7.92. The quantitative estimate of drug-likeness (QED) is 0.233. The van der Waals surface area contributed by atoms with Crippen LogP contribution in [0.4, 0.5) is 5.69 Å². The van der Waals surface area contributed by atoms with Gasteiger partial charge in [0.1, 0.15) is 12.6 Å². The van der Waals surface area contributed by atoms with Crippen LogP contribution in [0, 0.1) is 13.8 Å². The van der Waals surface area contributed by atoms with E-state index < -0.39 is 34.1 Å². The van der Waals surface area contributed by atoms with Crippen LogP contribution in [0.3, 0.4) is 0 Å². The van der Waals surface area contributed by atoms with Gasteiger partial charge in [0.05, 0.1) is 24.8 Å². The molecular weight excluding hydrogens is 637 g/mol. The largest absolute Gasteiger partial charge is 0.493 e. The first kappa shape index (κ1) is 36.0. The van der Waals surface area contributed by atoms with E-state index in [-0.39, 0.29) is 29.5 Å². The number of benzene rings is 3. The molecule has 0 aliphatic heterocycles. The van der Waals surface area contributed by atoms with Gasteiger partial charge >= 0.3 is 0 Å². The molecule has 3 aromatic carbocycles. The molecular formula is C33H41Cl2N3O6S. The van der Waals surface area contributed by atoms with Crippen molar-refractivity contribution in [3.63, 3.8) is 0 Å². The number of anilines is 1. The van der Waals surface area contributed by atoms with Gasteiger partial charge in [0.2, 0.25) is 11.8 Å². The molecule has 0 aliphatic carbocycles. The molecule has 244 valence electrons. The van der Waals surface area contributed by atoms with E-state index >= 15 is 0 Å². The minimum Gasteiger partial charge on any atom is -0.493 e. The first-order valence-electron chi connectivity index (χ1n) is 14.4. The second kappa shape index (κ2) is 14.7. The summed E-state index contributed by atoms with van der Waals surface area (Å²) in [6.07, 6.45) is 0.269. The molecule has 0 saturated carbocycles. The molecule has 0 aromatic heterocycles. The third-order valence-electron chi connectivity index (χ3n) is 6.96. The Hall–Kier alpha value is -3.47. The number of amides is 2. The minimum atomic E-state index is -4.34. The molecule has 0 heterocycles. The number of halogens is 2. The van der Waals surface area contributed by atoms with Crippen molar-refractivity contribution in [2.45, 2.75) is 71.0 Å². The topological polar surface area (TPSA) is 105 Å². The van der Waals surface area contributed by atoms with Crippen LogP contribution in [0.25, 0.3) is 0 Å². The number of carbonyl (C=O) groups is 2. The molecule has 3 rings (SSSR count). The maximum absolute atomic E-state index is 14.4.